The summed E-state index contributed by atoms with van der Waals surface area (Å²) in [4.78, 5) is 8.46. The number of nitrogens with one attached hydrogen (secondary N) is 2. The summed E-state index contributed by atoms with van der Waals surface area (Å²) in [7, 11) is 0. The first-order chi connectivity index (χ1) is 9.15. The van der Waals surface area contributed by atoms with Gasteiger partial charge in [-0.2, -0.15) is 0 Å². The van der Waals surface area contributed by atoms with E-state index in [1.165, 1.54) is 0 Å². The number of rotatable bonds is 9. The zero-order valence-corrected chi connectivity index (χ0v) is 12.5. The molecule has 0 atom stereocenters. The van der Waals surface area contributed by atoms with Crippen LogP contribution in [-0.2, 0) is 4.74 Å². The van der Waals surface area contributed by atoms with Crippen molar-refractivity contribution < 1.29 is 4.74 Å². The summed E-state index contributed by atoms with van der Waals surface area (Å²) >= 11 is 0. The van der Waals surface area contributed by atoms with Crippen molar-refractivity contribution in [3.8, 4) is 0 Å². The summed E-state index contributed by atoms with van der Waals surface area (Å²) < 4.78 is 5.56. The van der Waals surface area contributed by atoms with Gasteiger partial charge in [-0.25, -0.2) is 9.97 Å². The van der Waals surface area contributed by atoms with Gasteiger partial charge in [-0.15, -0.1) is 0 Å². The monoisotopic (exact) mass is 266 g/mol. The second kappa shape index (κ2) is 8.69. The molecule has 1 heterocycles. The topological polar surface area (TPSA) is 59.1 Å². The summed E-state index contributed by atoms with van der Waals surface area (Å²) in [5.41, 5.74) is 1.05. The number of ether oxygens (including phenoxy) is 1. The lowest BCUT2D eigenvalue weighted by molar-refractivity contribution is 0.132. The van der Waals surface area contributed by atoms with E-state index in [9.17, 15) is 0 Å². The first kappa shape index (κ1) is 15.7. The fraction of sp³-hybridized carbons (Fsp3) is 0.714. The van der Waals surface area contributed by atoms with Gasteiger partial charge in [-0.1, -0.05) is 13.8 Å². The summed E-state index contributed by atoms with van der Waals surface area (Å²) in [6.45, 7) is 11.6. The highest BCUT2D eigenvalue weighted by atomic mass is 16.5. The van der Waals surface area contributed by atoms with E-state index in [0.717, 1.165) is 43.3 Å². The number of aromatic nitrogens is 2. The molecule has 2 N–H and O–H groups in total. The van der Waals surface area contributed by atoms with Crippen LogP contribution < -0.4 is 10.6 Å². The highest BCUT2D eigenvalue weighted by Gasteiger charge is 2.05. The molecule has 1 aromatic rings. The standard InChI is InChI=1S/C14H26N4O/c1-5-15-13-12(4)14(18-10-17-13)16-7-9-19-8-6-11(2)3/h10-11H,5-9H2,1-4H3,(H2,15,16,17,18). The van der Waals surface area contributed by atoms with Gasteiger partial charge in [0.15, 0.2) is 0 Å². The van der Waals surface area contributed by atoms with E-state index in [2.05, 4.69) is 41.4 Å². The molecule has 0 amide bonds. The van der Waals surface area contributed by atoms with Gasteiger partial charge >= 0.3 is 0 Å². The van der Waals surface area contributed by atoms with Crippen LogP contribution in [0.3, 0.4) is 0 Å². The second-order valence-electron chi connectivity index (χ2n) is 4.95. The Morgan fingerprint density at radius 3 is 2.47 bits per heavy atom. The molecule has 0 fully saturated rings. The van der Waals surface area contributed by atoms with Gasteiger partial charge in [0.05, 0.1) is 6.61 Å². The van der Waals surface area contributed by atoms with Crippen LogP contribution in [0, 0.1) is 12.8 Å². The van der Waals surface area contributed by atoms with Crippen molar-refractivity contribution in [2.24, 2.45) is 5.92 Å². The fourth-order valence-corrected chi connectivity index (χ4v) is 1.64. The molecular weight excluding hydrogens is 240 g/mol. The average molecular weight is 266 g/mol. The number of hydrogen-bond acceptors (Lipinski definition) is 5. The second-order valence-corrected chi connectivity index (χ2v) is 4.95. The summed E-state index contributed by atoms with van der Waals surface area (Å²) in [6.07, 6.45) is 2.68. The first-order valence-corrected chi connectivity index (χ1v) is 7.02. The molecule has 0 aliphatic rings. The van der Waals surface area contributed by atoms with Gasteiger partial charge in [0.1, 0.15) is 18.0 Å². The van der Waals surface area contributed by atoms with E-state index >= 15 is 0 Å². The highest BCUT2D eigenvalue weighted by Crippen LogP contribution is 2.17. The lowest BCUT2D eigenvalue weighted by atomic mass is 10.1. The Hall–Kier alpha value is -1.36. The maximum Gasteiger partial charge on any atom is 0.134 e. The molecule has 1 rings (SSSR count). The average Bonchev–Trinajstić information content (AvgIpc) is 2.37. The Labute approximate surface area is 116 Å². The fourth-order valence-electron chi connectivity index (χ4n) is 1.64. The van der Waals surface area contributed by atoms with Crippen LogP contribution in [0.1, 0.15) is 32.8 Å². The number of hydrogen-bond donors (Lipinski definition) is 2. The molecule has 0 saturated carbocycles. The van der Waals surface area contributed by atoms with E-state index in [4.69, 9.17) is 4.74 Å². The van der Waals surface area contributed by atoms with E-state index in [1.807, 2.05) is 6.92 Å². The van der Waals surface area contributed by atoms with Crippen LogP contribution in [-0.4, -0.2) is 36.3 Å². The van der Waals surface area contributed by atoms with Crippen LogP contribution >= 0.6 is 0 Å². The molecule has 0 aromatic carbocycles. The van der Waals surface area contributed by atoms with Crippen molar-refractivity contribution in [2.45, 2.75) is 34.1 Å². The van der Waals surface area contributed by atoms with E-state index in [1.54, 1.807) is 6.33 Å². The predicted molar refractivity (Wildman–Crippen MR) is 79.7 cm³/mol. The maximum absolute atomic E-state index is 5.56. The van der Waals surface area contributed by atoms with Crippen molar-refractivity contribution in [3.05, 3.63) is 11.9 Å². The molecule has 0 radical (unpaired) electrons. The van der Waals surface area contributed by atoms with Gasteiger partial charge in [0.25, 0.3) is 0 Å². The largest absolute Gasteiger partial charge is 0.380 e. The Kier molecular flexibility index (Phi) is 7.18. The number of anilines is 2. The molecule has 0 saturated heterocycles. The lowest BCUT2D eigenvalue weighted by Crippen LogP contribution is -2.13. The minimum Gasteiger partial charge on any atom is -0.380 e. The Morgan fingerprint density at radius 1 is 1.16 bits per heavy atom. The lowest BCUT2D eigenvalue weighted by Gasteiger charge is -2.12. The van der Waals surface area contributed by atoms with Crippen LogP contribution in [0.25, 0.3) is 0 Å². The van der Waals surface area contributed by atoms with Crippen molar-refractivity contribution in [1.29, 1.82) is 0 Å². The molecule has 19 heavy (non-hydrogen) atoms. The van der Waals surface area contributed by atoms with Crippen LogP contribution in [0.2, 0.25) is 0 Å². The zero-order chi connectivity index (χ0) is 14.1. The molecule has 108 valence electrons. The molecule has 1 aromatic heterocycles. The minimum atomic E-state index is 0.694. The third kappa shape index (κ3) is 5.87. The first-order valence-electron chi connectivity index (χ1n) is 7.02. The molecule has 0 aliphatic carbocycles. The quantitative estimate of drug-likeness (QED) is 0.673. The molecule has 0 spiro atoms. The van der Waals surface area contributed by atoms with Crippen molar-refractivity contribution in [2.75, 3.05) is 36.9 Å². The van der Waals surface area contributed by atoms with Crippen LogP contribution in [0.5, 0.6) is 0 Å². The third-order valence-corrected chi connectivity index (χ3v) is 2.81. The molecule has 5 heteroatoms. The normalized spacial score (nSPS) is 10.8. The number of nitrogens with zero attached hydrogens (tertiary/aromatic N) is 2. The summed E-state index contributed by atoms with van der Waals surface area (Å²) in [5, 5.41) is 6.50. The van der Waals surface area contributed by atoms with E-state index < -0.39 is 0 Å². The maximum atomic E-state index is 5.56. The van der Waals surface area contributed by atoms with Crippen molar-refractivity contribution in [3.63, 3.8) is 0 Å². The highest BCUT2D eigenvalue weighted by molar-refractivity contribution is 5.56. The molecule has 0 unspecified atom stereocenters. The van der Waals surface area contributed by atoms with Gasteiger partial charge in [0.2, 0.25) is 0 Å². The third-order valence-electron chi connectivity index (χ3n) is 2.81. The molecule has 5 nitrogen and oxygen atoms in total. The Balaban J connectivity index is 2.31. The van der Waals surface area contributed by atoms with E-state index in [0.29, 0.717) is 12.5 Å². The Morgan fingerprint density at radius 2 is 1.84 bits per heavy atom. The molecule has 0 aliphatic heterocycles. The van der Waals surface area contributed by atoms with Crippen molar-refractivity contribution in [1.82, 2.24) is 9.97 Å². The van der Waals surface area contributed by atoms with E-state index in [-0.39, 0.29) is 0 Å². The van der Waals surface area contributed by atoms with Crippen molar-refractivity contribution >= 4 is 11.6 Å². The van der Waals surface area contributed by atoms with Gasteiger partial charge in [-0.3, -0.25) is 0 Å². The summed E-state index contributed by atoms with van der Waals surface area (Å²) in [6, 6.07) is 0. The molecular formula is C14H26N4O. The van der Waals surface area contributed by atoms with Crippen LogP contribution in [0.4, 0.5) is 11.6 Å². The van der Waals surface area contributed by atoms with Gasteiger partial charge < -0.3 is 15.4 Å². The smallest absolute Gasteiger partial charge is 0.134 e. The van der Waals surface area contributed by atoms with Gasteiger partial charge in [-0.05, 0) is 26.2 Å². The molecule has 0 bridgehead atoms. The minimum absolute atomic E-state index is 0.694. The van der Waals surface area contributed by atoms with Gasteiger partial charge in [0, 0.05) is 25.3 Å². The predicted octanol–water partition coefficient (Wildman–Crippen LogP) is 2.69. The summed E-state index contributed by atoms with van der Waals surface area (Å²) in [5.74, 6) is 2.46. The zero-order valence-electron chi connectivity index (χ0n) is 12.5. The SMILES string of the molecule is CCNc1ncnc(NCCOCCC(C)C)c1C. The van der Waals surface area contributed by atoms with Crippen LogP contribution in [0.15, 0.2) is 6.33 Å². The Bertz CT molecular complexity index is 368.